The molecule has 1 aromatic carbocycles. The van der Waals surface area contributed by atoms with Crippen molar-refractivity contribution < 1.29 is 18.7 Å². The second-order valence-electron chi connectivity index (χ2n) is 4.94. The Morgan fingerprint density at radius 3 is 2.86 bits per heavy atom. The lowest BCUT2D eigenvalue weighted by Crippen LogP contribution is -2.28. The minimum Gasteiger partial charge on any atom is -0.493 e. The van der Waals surface area contributed by atoms with Gasteiger partial charge < -0.3 is 24.5 Å². The average molecular weight is 290 g/mol. The molecule has 112 valence electrons. The third-order valence-electron chi connectivity index (χ3n) is 3.40. The number of ether oxygens (including phenoxy) is 3. The van der Waals surface area contributed by atoms with Gasteiger partial charge in [-0.1, -0.05) is 5.16 Å². The van der Waals surface area contributed by atoms with E-state index >= 15 is 0 Å². The Morgan fingerprint density at radius 1 is 1.29 bits per heavy atom. The van der Waals surface area contributed by atoms with Gasteiger partial charge in [-0.05, 0) is 31.0 Å². The van der Waals surface area contributed by atoms with Crippen molar-refractivity contribution >= 4 is 5.88 Å². The Labute approximate surface area is 122 Å². The Balaban J connectivity index is 1.86. The molecule has 2 N–H and O–H groups in total. The van der Waals surface area contributed by atoms with Crippen LogP contribution < -0.4 is 15.2 Å². The van der Waals surface area contributed by atoms with Crippen molar-refractivity contribution in [2.24, 2.45) is 0 Å². The fourth-order valence-electron chi connectivity index (χ4n) is 2.34. The summed E-state index contributed by atoms with van der Waals surface area (Å²) in [5.41, 5.74) is 7.09. The number of anilines is 1. The van der Waals surface area contributed by atoms with Crippen LogP contribution in [-0.2, 0) is 4.74 Å². The number of methoxy groups -OCH3 is 1. The summed E-state index contributed by atoms with van der Waals surface area (Å²) in [5.74, 6) is 1.64. The molecule has 0 amide bonds. The number of nitrogens with two attached hydrogens (primary N) is 1. The summed E-state index contributed by atoms with van der Waals surface area (Å²) in [5, 5.41) is 3.91. The Morgan fingerprint density at radius 2 is 2.19 bits per heavy atom. The maximum Gasteiger partial charge on any atom is 0.222 e. The monoisotopic (exact) mass is 290 g/mol. The lowest BCUT2D eigenvalue weighted by molar-refractivity contribution is 0.00646. The summed E-state index contributed by atoms with van der Waals surface area (Å²) in [6.07, 6.45) is 2.03. The second kappa shape index (κ2) is 6.05. The van der Waals surface area contributed by atoms with E-state index in [2.05, 4.69) is 5.16 Å². The topological polar surface area (TPSA) is 79.7 Å². The van der Waals surface area contributed by atoms with Crippen LogP contribution in [0.25, 0.3) is 11.3 Å². The fraction of sp³-hybridized carbons (Fsp3) is 0.400. The zero-order chi connectivity index (χ0) is 14.7. The van der Waals surface area contributed by atoms with Gasteiger partial charge in [-0.2, -0.15) is 0 Å². The van der Waals surface area contributed by atoms with Gasteiger partial charge in [0.2, 0.25) is 5.88 Å². The van der Waals surface area contributed by atoms with Crippen LogP contribution in [-0.4, -0.2) is 31.6 Å². The number of aromatic nitrogens is 1. The van der Waals surface area contributed by atoms with E-state index in [0.717, 1.165) is 25.0 Å². The molecule has 1 fully saturated rings. The summed E-state index contributed by atoms with van der Waals surface area (Å²) in [7, 11) is 1.62. The minimum absolute atomic E-state index is 0.0466. The van der Waals surface area contributed by atoms with Crippen LogP contribution in [0.3, 0.4) is 0 Å². The number of rotatable bonds is 4. The number of nitrogen functional groups attached to an aromatic ring is 1. The van der Waals surface area contributed by atoms with Crippen molar-refractivity contribution in [2.75, 3.05) is 26.1 Å². The van der Waals surface area contributed by atoms with Crippen LogP contribution in [0.15, 0.2) is 28.8 Å². The van der Waals surface area contributed by atoms with E-state index in [0.29, 0.717) is 23.8 Å². The lowest BCUT2D eigenvalue weighted by atomic mass is 10.1. The van der Waals surface area contributed by atoms with Crippen LogP contribution >= 0.6 is 0 Å². The molecule has 6 nitrogen and oxygen atoms in total. The first-order chi connectivity index (χ1) is 10.3. The molecular weight excluding hydrogens is 272 g/mol. The first-order valence-corrected chi connectivity index (χ1v) is 6.91. The molecule has 6 heteroatoms. The average Bonchev–Trinajstić information content (AvgIpc) is 2.95. The molecule has 1 saturated heterocycles. The molecule has 2 heterocycles. The molecule has 1 aliphatic rings. The highest BCUT2D eigenvalue weighted by Gasteiger charge is 2.18. The van der Waals surface area contributed by atoms with E-state index in [1.807, 2.05) is 18.2 Å². The smallest absolute Gasteiger partial charge is 0.222 e. The molecule has 3 rings (SSSR count). The molecule has 0 saturated carbocycles. The Kier molecular flexibility index (Phi) is 3.96. The van der Waals surface area contributed by atoms with Crippen molar-refractivity contribution in [3.8, 4) is 22.8 Å². The molecule has 0 aliphatic carbocycles. The maximum atomic E-state index is 6.01. The SMILES string of the molecule is COc1ccc(-c2cc(N)on2)cc1OC1CCCOC1. The third-order valence-corrected chi connectivity index (χ3v) is 3.40. The van der Waals surface area contributed by atoms with Gasteiger partial charge >= 0.3 is 0 Å². The predicted molar refractivity (Wildman–Crippen MR) is 77.4 cm³/mol. The van der Waals surface area contributed by atoms with E-state index < -0.39 is 0 Å². The highest BCUT2D eigenvalue weighted by molar-refractivity contribution is 5.65. The largest absolute Gasteiger partial charge is 0.493 e. The summed E-state index contributed by atoms with van der Waals surface area (Å²) >= 11 is 0. The molecule has 1 unspecified atom stereocenters. The Hall–Kier alpha value is -2.21. The van der Waals surface area contributed by atoms with Gasteiger partial charge in [0.1, 0.15) is 11.8 Å². The molecular formula is C15H18N2O4. The van der Waals surface area contributed by atoms with E-state index in [-0.39, 0.29) is 12.0 Å². The van der Waals surface area contributed by atoms with Crippen molar-refractivity contribution in [2.45, 2.75) is 18.9 Å². The van der Waals surface area contributed by atoms with Gasteiger partial charge in [0.05, 0.1) is 13.7 Å². The first-order valence-electron chi connectivity index (χ1n) is 6.91. The molecule has 0 spiro atoms. The van der Waals surface area contributed by atoms with Crippen molar-refractivity contribution in [3.63, 3.8) is 0 Å². The minimum atomic E-state index is 0.0466. The van der Waals surface area contributed by atoms with Crippen LogP contribution in [0.4, 0.5) is 5.88 Å². The number of benzene rings is 1. The highest BCUT2D eigenvalue weighted by Crippen LogP contribution is 2.34. The zero-order valence-electron chi connectivity index (χ0n) is 11.9. The molecule has 1 aliphatic heterocycles. The lowest BCUT2D eigenvalue weighted by Gasteiger charge is -2.24. The Bertz CT molecular complexity index is 605. The van der Waals surface area contributed by atoms with E-state index in [4.69, 9.17) is 24.5 Å². The number of nitrogens with zero attached hydrogens (tertiary/aromatic N) is 1. The van der Waals surface area contributed by atoms with Gasteiger partial charge in [-0.25, -0.2) is 0 Å². The molecule has 1 atom stereocenters. The first kappa shape index (κ1) is 13.8. The molecule has 1 aromatic heterocycles. The summed E-state index contributed by atoms with van der Waals surface area (Å²) in [4.78, 5) is 0. The van der Waals surface area contributed by atoms with Crippen molar-refractivity contribution in [1.82, 2.24) is 5.16 Å². The summed E-state index contributed by atoms with van der Waals surface area (Å²) in [6.45, 7) is 1.40. The van der Waals surface area contributed by atoms with Crippen molar-refractivity contribution in [1.29, 1.82) is 0 Å². The van der Waals surface area contributed by atoms with E-state index in [9.17, 15) is 0 Å². The van der Waals surface area contributed by atoms with Crippen LogP contribution in [0.1, 0.15) is 12.8 Å². The predicted octanol–water partition coefficient (Wildman–Crippen LogP) is 2.49. The maximum absolute atomic E-state index is 6.01. The molecule has 2 aromatic rings. The third kappa shape index (κ3) is 3.11. The molecule has 21 heavy (non-hydrogen) atoms. The van der Waals surface area contributed by atoms with Crippen LogP contribution in [0.2, 0.25) is 0 Å². The summed E-state index contributed by atoms with van der Waals surface area (Å²) < 4.78 is 21.7. The quantitative estimate of drug-likeness (QED) is 0.932. The van der Waals surface area contributed by atoms with Gasteiger partial charge in [0.25, 0.3) is 0 Å². The zero-order valence-corrected chi connectivity index (χ0v) is 11.9. The number of hydrogen-bond acceptors (Lipinski definition) is 6. The van der Waals surface area contributed by atoms with E-state index in [1.54, 1.807) is 13.2 Å². The van der Waals surface area contributed by atoms with Gasteiger partial charge in [-0.15, -0.1) is 0 Å². The standard InChI is InChI=1S/C15H18N2O4/c1-18-13-5-4-10(12-8-15(16)21-17-12)7-14(13)20-11-3-2-6-19-9-11/h4-5,7-8,11H,2-3,6,9,16H2,1H3. The van der Waals surface area contributed by atoms with Gasteiger partial charge in [0.15, 0.2) is 11.5 Å². The molecule has 0 radical (unpaired) electrons. The van der Waals surface area contributed by atoms with Gasteiger partial charge in [0, 0.05) is 18.2 Å². The van der Waals surface area contributed by atoms with Gasteiger partial charge in [-0.3, -0.25) is 0 Å². The second-order valence-corrected chi connectivity index (χ2v) is 4.94. The number of hydrogen-bond donors (Lipinski definition) is 1. The highest BCUT2D eigenvalue weighted by atomic mass is 16.5. The fourth-order valence-corrected chi connectivity index (χ4v) is 2.34. The van der Waals surface area contributed by atoms with Crippen LogP contribution in [0.5, 0.6) is 11.5 Å². The van der Waals surface area contributed by atoms with Crippen LogP contribution in [0, 0.1) is 0 Å². The van der Waals surface area contributed by atoms with E-state index in [1.165, 1.54) is 0 Å². The summed E-state index contributed by atoms with van der Waals surface area (Å²) in [6, 6.07) is 7.29. The normalized spacial score (nSPS) is 18.4. The molecule has 0 bridgehead atoms. The van der Waals surface area contributed by atoms with Crippen molar-refractivity contribution in [3.05, 3.63) is 24.3 Å².